The van der Waals surface area contributed by atoms with E-state index in [1.165, 1.54) is 0 Å². The van der Waals surface area contributed by atoms with Gasteiger partial charge in [0.05, 0.1) is 13.2 Å². The van der Waals surface area contributed by atoms with Gasteiger partial charge in [-0.25, -0.2) is 4.79 Å². The molecule has 0 saturated carbocycles. The number of ether oxygens (including phenoxy) is 1. The molecule has 1 aliphatic rings. The van der Waals surface area contributed by atoms with Crippen molar-refractivity contribution in [2.24, 2.45) is 5.92 Å². The number of hydrogen-bond acceptors (Lipinski definition) is 3. The molecule has 2 atom stereocenters. The van der Waals surface area contributed by atoms with E-state index in [0.29, 0.717) is 19.6 Å². The van der Waals surface area contributed by atoms with E-state index in [4.69, 9.17) is 14.9 Å². The zero-order valence-corrected chi connectivity index (χ0v) is 6.69. The van der Waals surface area contributed by atoms with Gasteiger partial charge in [0, 0.05) is 18.6 Å². The number of carbonyl (C=O) groups is 1. The molecule has 5 nitrogen and oxygen atoms in total. The molecule has 12 heavy (non-hydrogen) atoms. The fourth-order valence-corrected chi connectivity index (χ4v) is 1.33. The second-order valence-electron chi connectivity index (χ2n) is 2.86. The number of nitrogens with one attached hydrogen (secondary N) is 1. The minimum absolute atomic E-state index is 0.0368. The van der Waals surface area contributed by atoms with Gasteiger partial charge in [-0.1, -0.05) is 0 Å². The van der Waals surface area contributed by atoms with Gasteiger partial charge in [-0.05, 0) is 6.42 Å². The third kappa shape index (κ3) is 2.35. The summed E-state index contributed by atoms with van der Waals surface area (Å²) in [5.41, 5.74) is 0. The van der Waals surface area contributed by atoms with Crippen LogP contribution in [0, 0.1) is 5.92 Å². The Hall–Kier alpha value is -0.810. The van der Waals surface area contributed by atoms with Crippen LogP contribution in [0.4, 0.5) is 4.79 Å². The van der Waals surface area contributed by atoms with E-state index in [0.717, 1.165) is 0 Å². The molecule has 0 aromatic heterocycles. The topological polar surface area (TPSA) is 78.8 Å². The number of amides is 1. The summed E-state index contributed by atoms with van der Waals surface area (Å²) in [6.45, 7) is 0.952. The SMILES string of the molecule is O=C(O)N[C@H]1CCOC[C@H]1CO. The van der Waals surface area contributed by atoms with E-state index >= 15 is 0 Å². The molecule has 0 aromatic rings. The third-order valence-electron chi connectivity index (χ3n) is 2.02. The Kier molecular flexibility index (Phi) is 3.31. The van der Waals surface area contributed by atoms with Gasteiger partial charge in [0.15, 0.2) is 0 Å². The van der Waals surface area contributed by atoms with E-state index in [9.17, 15) is 4.79 Å². The molecule has 1 rings (SSSR count). The van der Waals surface area contributed by atoms with E-state index < -0.39 is 6.09 Å². The van der Waals surface area contributed by atoms with Gasteiger partial charge in [-0.15, -0.1) is 0 Å². The van der Waals surface area contributed by atoms with Crippen LogP contribution >= 0.6 is 0 Å². The average Bonchev–Trinajstić information content (AvgIpc) is 2.04. The van der Waals surface area contributed by atoms with Crippen LogP contribution < -0.4 is 5.32 Å². The molecule has 0 aromatic carbocycles. The largest absolute Gasteiger partial charge is 0.465 e. The lowest BCUT2D eigenvalue weighted by Gasteiger charge is -2.29. The first-order valence-electron chi connectivity index (χ1n) is 3.92. The van der Waals surface area contributed by atoms with E-state index in [2.05, 4.69) is 5.32 Å². The van der Waals surface area contributed by atoms with Gasteiger partial charge in [0.25, 0.3) is 0 Å². The fraction of sp³-hybridized carbons (Fsp3) is 0.857. The lowest BCUT2D eigenvalue weighted by molar-refractivity contribution is 0.00947. The molecule has 1 saturated heterocycles. The second-order valence-corrected chi connectivity index (χ2v) is 2.86. The first-order chi connectivity index (χ1) is 5.74. The van der Waals surface area contributed by atoms with Gasteiger partial charge in [-0.3, -0.25) is 0 Å². The lowest BCUT2D eigenvalue weighted by atomic mass is 9.97. The summed E-state index contributed by atoms with van der Waals surface area (Å²) in [6, 6.07) is -0.166. The van der Waals surface area contributed by atoms with Crippen molar-refractivity contribution in [3.8, 4) is 0 Å². The number of aliphatic hydroxyl groups is 1. The van der Waals surface area contributed by atoms with E-state index in [1.807, 2.05) is 0 Å². The van der Waals surface area contributed by atoms with Gasteiger partial charge < -0.3 is 20.3 Å². The molecule has 0 unspecified atom stereocenters. The smallest absolute Gasteiger partial charge is 0.404 e. The Morgan fingerprint density at radius 3 is 3.00 bits per heavy atom. The van der Waals surface area contributed by atoms with Crippen LogP contribution in [0.25, 0.3) is 0 Å². The lowest BCUT2D eigenvalue weighted by Crippen LogP contribution is -2.46. The average molecular weight is 175 g/mol. The summed E-state index contributed by atoms with van der Waals surface area (Å²) in [5.74, 6) is -0.102. The van der Waals surface area contributed by atoms with Crippen molar-refractivity contribution in [3.63, 3.8) is 0 Å². The standard InChI is InChI=1S/C7H13NO4/c9-3-5-4-12-2-1-6(5)8-7(10)11/h5-6,8-9H,1-4H2,(H,10,11)/t5-,6+/m1/s1. The van der Waals surface area contributed by atoms with Gasteiger partial charge >= 0.3 is 6.09 Å². The molecular formula is C7H13NO4. The normalized spacial score (nSPS) is 29.8. The maximum Gasteiger partial charge on any atom is 0.404 e. The number of aliphatic hydroxyl groups excluding tert-OH is 1. The summed E-state index contributed by atoms with van der Waals surface area (Å²) in [4.78, 5) is 10.3. The summed E-state index contributed by atoms with van der Waals surface area (Å²) in [7, 11) is 0. The predicted octanol–water partition coefficient (Wildman–Crippen LogP) is -0.349. The van der Waals surface area contributed by atoms with E-state index in [-0.39, 0.29) is 18.6 Å². The minimum Gasteiger partial charge on any atom is -0.465 e. The summed E-state index contributed by atoms with van der Waals surface area (Å²) >= 11 is 0. The van der Waals surface area contributed by atoms with Crippen LogP contribution in [0.3, 0.4) is 0 Å². The third-order valence-corrected chi connectivity index (χ3v) is 2.02. The van der Waals surface area contributed by atoms with Crippen molar-refractivity contribution in [3.05, 3.63) is 0 Å². The Morgan fingerprint density at radius 2 is 2.42 bits per heavy atom. The first kappa shape index (κ1) is 9.28. The highest BCUT2D eigenvalue weighted by atomic mass is 16.5. The molecule has 70 valence electrons. The molecule has 1 heterocycles. The van der Waals surface area contributed by atoms with Gasteiger partial charge in [0.2, 0.25) is 0 Å². The van der Waals surface area contributed by atoms with Crippen molar-refractivity contribution < 1.29 is 19.7 Å². The molecule has 1 fully saturated rings. The van der Waals surface area contributed by atoms with Crippen molar-refractivity contribution >= 4 is 6.09 Å². The zero-order chi connectivity index (χ0) is 8.97. The monoisotopic (exact) mass is 175 g/mol. The Labute approximate surface area is 70.3 Å². The van der Waals surface area contributed by atoms with Crippen LogP contribution in [0.2, 0.25) is 0 Å². The second kappa shape index (κ2) is 4.27. The molecular weight excluding hydrogens is 162 g/mol. The number of rotatable bonds is 2. The van der Waals surface area contributed by atoms with Gasteiger partial charge in [0.1, 0.15) is 0 Å². The molecule has 1 aliphatic heterocycles. The van der Waals surface area contributed by atoms with Crippen LogP contribution in [0.15, 0.2) is 0 Å². The van der Waals surface area contributed by atoms with Crippen molar-refractivity contribution in [1.82, 2.24) is 5.32 Å². The highest BCUT2D eigenvalue weighted by molar-refractivity contribution is 5.64. The first-order valence-corrected chi connectivity index (χ1v) is 3.92. The highest BCUT2D eigenvalue weighted by Gasteiger charge is 2.26. The Bertz CT molecular complexity index is 161. The van der Waals surface area contributed by atoms with Crippen molar-refractivity contribution in [2.45, 2.75) is 12.5 Å². The molecule has 0 radical (unpaired) electrons. The number of carboxylic acid groups (broad SMARTS) is 1. The quantitative estimate of drug-likeness (QED) is 0.536. The molecule has 5 heteroatoms. The van der Waals surface area contributed by atoms with Crippen LogP contribution in [-0.2, 0) is 4.74 Å². The van der Waals surface area contributed by atoms with Crippen molar-refractivity contribution in [2.75, 3.05) is 19.8 Å². The number of hydrogen-bond donors (Lipinski definition) is 3. The van der Waals surface area contributed by atoms with Crippen LogP contribution in [0.5, 0.6) is 0 Å². The van der Waals surface area contributed by atoms with Crippen LogP contribution in [0.1, 0.15) is 6.42 Å². The summed E-state index contributed by atoms with van der Waals surface area (Å²) in [5, 5.41) is 19.7. The summed E-state index contributed by atoms with van der Waals surface area (Å²) in [6.07, 6.45) is -0.405. The van der Waals surface area contributed by atoms with Crippen LogP contribution in [-0.4, -0.2) is 42.2 Å². The zero-order valence-electron chi connectivity index (χ0n) is 6.69. The molecule has 0 spiro atoms. The predicted molar refractivity (Wildman–Crippen MR) is 41.0 cm³/mol. The Balaban J connectivity index is 2.41. The highest BCUT2D eigenvalue weighted by Crippen LogP contribution is 2.13. The minimum atomic E-state index is -1.04. The summed E-state index contributed by atoms with van der Waals surface area (Å²) < 4.78 is 5.09. The Morgan fingerprint density at radius 1 is 1.67 bits per heavy atom. The molecule has 0 bridgehead atoms. The maximum atomic E-state index is 10.3. The molecule has 0 aliphatic carbocycles. The maximum absolute atomic E-state index is 10.3. The molecule has 1 amide bonds. The molecule has 3 N–H and O–H groups in total. The van der Waals surface area contributed by atoms with Gasteiger partial charge in [-0.2, -0.15) is 0 Å². The van der Waals surface area contributed by atoms with E-state index in [1.54, 1.807) is 0 Å². The fourth-order valence-electron chi connectivity index (χ4n) is 1.33. The van der Waals surface area contributed by atoms with Crippen molar-refractivity contribution in [1.29, 1.82) is 0 Å².